The van der Waals surface area contributed by atoms with Crippen molar-refractivity contribution in [2.24, 2.45) is 5.92 Å². The third-order valence-corrected chi connectivity index (χ3v) is 3.53. The van der Waals surface area contributed by atoms with Crippen molar-refractivity contribution < 1.29 is 14.3 Å². The summed E-state index contributed by atoms with van der Waals surface area (Å²) in [6.07, 6.45) is 3.84. The molecule has 0 aliphatic carbocycles. The molecule has 0 aromatic carbocycles. The van der Waals surface area contributed by atoms with Gasteiger partial charge in [0.2, 0.25) is 5.76 Å². The van der Waals surface area contributed by atoms with Crippen LogP contribution < -0.4 is 5.32 Å². The number of carbonyl (C=O) groups is 1. The second-order valence-corrected chi connectivity index (χ2v) is 4.96. The molecule has 2 N–H and O–H groups in total. The molecule has 100 valence electrons. The molecule has 0 amide bonds. The Balaban J connectivity index is 1.75. The molecule has 0 bridgehead atoms. The van der Waals surface area contributed by atoms with Gasteiger partial charge in [-0.1, -0.05) is 0 Å². The monoisotopic (exact) mass is 252 g/mol. The number of hydrogen-bond donors (Lipinski definition) is 2. The van der Waals surface area contributed by atoms with Crippen LogP contribution in [-0.4, -0.2) is 42.7 Å². The molecule has 2 heterocycles. The molecule has 0 unspecified atom stereocenters. The molecular weight excluding hydrogens is 232 g/mol. The Hall–Kier alpha value is -1.33. The molecule has 1 aromatic rings. The molecule has 1 aliphatic heterocycles. The van der Waals surface area contributed by atoms with E-state index >= 15 is 0 Å². The Morgan fingerprint density at radius 3 is 2.94 bits per heavy atom. The smallest absolute Gasteiger partial charge is 0.372 e. The number of aromatic carboxylic acids is 1. The molecule has 0 atom stereocenters. The lowest BCUT2D eigenvalue weighted by molar-refractivity contribution is 0.0660. The van der Waals surface area contributed by atoms with E-state index in [2.05, 4.69) is 17.3 Å². The molecular formula is C13H20N2O3. The first-order valence-electron chi connectivity index (χ1n) is 6.35. The van der Waals surface area contributed by atoms with Gasteiger partial charge in [-0.25, -0.2) is 4.79 Å². The molecule has 18 heavy (non-hydrogen) atoms. The van der Waals surface area contributed by atoms with Gasteiger partial charge < -0.3 is 19.7 Å². The van der Waals surface area contributed by atoms with Gasteiger partial charge in [0.1, 0.15) is 0 Å². The van der Waals surface area contributed by atoms with Crippen molar-refractivity contribution >= 4 is 5.97 Å². The van der Waals surface area contributed by atoms with Crippen molar-refractivity contribution in [2.75, 3.05) is 26.7 Å². The minimum atomic E-state index is -1.00. The number of carboxylic acid groups (broad SMARTS) is 1. The van der Waals surface area contributed by atoms with E-state index in [-0.39, 0.29) is 5.76 Å². The lowest BCUT2D eigenvalue weighted by Crippen LogP contribution is -2.34. The zero-order chi connectivity index (χ0) is 13.0. The molecule has 5 heteroatoms. The normalized spacial score (nSPS) is 18.1. The summed E-state index contributed by atoms with van der Waals surface area (Å²) in [7, 11) is 2.15. The molecule has 0 radical (unpaired) electrons. The fourth-order valence-electron chi connectivity index (χ4n) is 2.34. The summed E-state index contributed by atoms with van der Waals surface area (Å²) in [4.78, 5) is 13.2. The lowest BCUT2D eigenvalue weighted by atomic mass is 9.97. The van der Waals surface area contributed by atoms with Gasteiger partial charge >= 0.3 is 5.97 Å². The van der Waals surface area contributed by atoms with Crippen molar-refractivity contribution in [3.05, 3.63) is 23.7 Å². The van der Waals surface area contributed by atoms with Crippen LogP contribution in [0.5, 0.6) is 0 Å². The van der Waals surface area contributed by atoms with E-state index in [1.807, 2.05) is 0 Å². The summed E-state index contributed by atoms with van der Waals surface area (Å²) in [5.74, 6) is -0.261. The highest BCUT2D eigenvalue weighted by atomic mass is 16.4. The maximum absolute atomic E-state index is 10.9. The van der Waals surface area contributed by atoms with E-state index in [9.17, 15) is 4.79 Å². The third-order valence-electron chi connectivity index (χ3n) is 3.53. The van der Waals surface area contributed by atoms with E-state index < -0.39 is 5.97 Å². The Morgan fingerprint density at radius 1 is 1.56 bits per heavy atom. The highest BCUT2D eigenvalue weighted by Crippen LogP contribution is 2.15. The van der Waals surface area contributed by atoms with Crippen LogP contribution in [-0.2, 0) is 6.54 Å². The van der Waals surface area contributed by atoms with E-state index in [1.165, 1.54) is 19.1 Å². The summed E-state index contributed by atoms with van der Waals surface area (Å²) in [5.41, 5.74) is 0.718. The molecule has 0 saturated carbocycles. The SMILES string of the molecule is CN1CCC(CNCc2ccoc2C(=O)O)CC1. The second kappa shape index (κ2) is 6.02. The number of hydrogen-bond acceptors (Lipinski definition) is 4. The minimum Gasteiger partial charge on any atom is -0.475 e. The number of rotatable bonds is 5. The maximum Gasteiger partial charge on any atom is 0.372 e. The fourth-order valence-corrected chi connectivity index (χ4v) is 2.34. The standard InChI is InChI=1S/C13H20N2O3/c1-15-5-2-10(3-6-15)8-14-9-11-4-7-18-12(11)13(16)17/h4,7,10,14H,2-3,5-6,8-9H2,1H3,(H,16,17). The Kier molecular flexibility index (Phi) is 4.38. The molecule has 0 spiro atoms. The zero-order valence-corrected chi connectivity index (χ0v) is 10.7. The first-order valence-corrected chi connectivity index (χ1v) is 6.35. The number of nitrogens with zero attached hydrogens (tertiary/aromatic N) is 1. The van der Waals surface area contributed by atoms with Gasteiger partial charge in [0.15, 0.2) is 0 Å². The van der Waals surface area contributed by atoms with E-state index in [0.717, 1.165) is 25.2 Å². The van der Waals surface area contributed by atoms with Crippen molar-refractivity contribution in [3.8, 4) is 0 Å². The van der Waals surface area contributed by atoms with Crippen LogP contribution in [0.15, 0.2) is 16.7 Å². The average molecular weight is 252 g/mol. The van der Waals surface area contributed by atoms with Gasteiger partial charge in [0.25, 0.3) is 0 Å². The quantitative estimate of drug-likeness (QED) is 0.829. The third kappa shape index (κ3) is 3.34. The summed E-state index contributed by atoms with van der Waals surface area (Å²) in [6, 6.07) is 1.71. The average Bonchev–Trinajstić information content (AvgIpc) is 2.80. The van der Waals surface area contributed by atoms with Crippen LogP contribution in [0.3, 0.4) is 0 Å². The first-order chi connectivity index (χ1) is 8.66. The molecule has 1 saturated heterocycles. The van der Waals surface area contributed by atoms with Gasteiger partial charge in [-0.2, -0.15) is 0 Å². The summed E-state index contributed by atoms with van der Waals surface area (Å²) >= 11 is 0. The molecule has 1 fully saturated rings. The second-order valence-electron chi connectivity index (χ2n) is 4.96. The van der Waals surface area contributed by atoms with Crippen molar-refractivity contribution in [1.82, 2.24) is 10.2 Å². The van der Waals surface area contributed by atoms with Crippen molar-refractivity contribution in [2.45, 2.75) is 19.4 Å². The van der Waals surface area contributed by atoms with Crippen LogP contribution >= 0.6 is 0 Å². The lowest BCUT2D eigenvalue weighted by Gasteiger charge is -2.29. The number of furan rings is 1. The van der Waals surface area contributed by atoms with E-state index in [1.54, 1.807) is 6.07 Å². The van der Waals surface area contributed by atoms with Crippen LogP contribution in [0.1, 0.15) is 29.0 Å². The number of nitrogens with one attached hydrogen (secondary N) is 1. The van der Waals surface area contributed by atoms with Crippen LogP contribution in [0, 0.1) is 5.92 Å². The molecule has 5 nitrogen and oxygen atoms in total. The topological polar surface area (TPSA) is 65.7 Å². The molecule has 2 rings (SSSR count). The number of likely N-dealkylation sites (tertiary alicyclic amines) is 1. The summed E-state index contributed by atoms with van der Waals surface area (Å²) in [6.45, 7) is 3.80. The minimum absolute atomic E-state index is 0.0471. The fraction of sp³-hybridized carbons (Fsp3) is 0.615. The summed E-state index contributed by atoms with van der Waals surface area (Å²) < 4.78 is 4.94. The molecule has 1 aliphatic rings. The zero-order valence-electron chi connectivity index (χ0n) is 10.7. The van der Waals surface area contributed by atoms with Gasteiger partial charge in [0, 0.05) is 12.1 Å². The predicted octanol–water partition coefficient (Wildman–Crippen LogP) is 1.41. The Labute approximate surface area is 107 Å². The number of piperidine rings is 1. The largest absolute Gasteiger partial charge is 0.475 e. The van der Waals surface area contributed by atoms with Gasteiger partial charge in [0.05, 0.1) is 6.26 Å². The van der Waals surface area contributed by atoms with Crippen LogP contribution in [0.25, 0.3) is 0 Å². The number of carboxylic acids is 1. The maximum atomic E-state index is 10.9. The highest BCUT2D eigenvalue weighted by Gasteiger charge is 2.17. The van der Waals surface area contributed by atoms with Gasteiger partial charge in [-0.05, 0) is 51.5 Å². The van der Waals surface area contributed by atoms with Crippen molar-refractivity contribution in [3.63, 3.8) is 0 Å². The van der Waals surface area contributed by atoms with E-state index in [4.69, 9.17) is 9.52 Å². The van der Waals surface area contributed by atoms with Crippen LogP contribution in [0.4, 0.5) is 0 Å². The van der Waals surface area contributed by atoms with E-state index in [0.29, 0.717) is 12.5 Å². The predicted molar refractivity (Wildman–Crippen MR) is 67.6 cm³/mol. The van der Waals surface area contributed by atoms with Crippen LogP contribution in [0.2, 0.25) is 0 Å². The van der Waals surface area contributed by atoms with Crippen molar-refractivity contribution in [1.29, 1.82) is 0 Å². The molecule has 1 aromatic heterocycles. The summed E-state index contributed by atoms with van der Waals surface area (Å²) in [5, 5.41) is 12.2. The van der Waals surface area contributed by atoms with Gasteiger partial charge in [-0.3, -0.25) is 0 Å². The van der Waals surface area contributed by atoms with Gasteiger partial charge in [-0.15, -0.1) is 0 Å². The highest BCUT2D eigenvalue weighted by molar-refractivity contribution is 5.86. The first kappa shape index (κ1) is 13.1. The Bertz CT molecular complexity index is 395. The Morgan fingerprint density at radius 2 is 2.28 bits per heavy atom.